The van der Waals surface area contributed by atoms with Gasteiger partial charge in [-0.15, -0.1) is 0 Å². The molecule has 0 aliphatic rings. The molecular formula is C14H14ClNO2S. The van der Waals surface area contributed by atoms with Crippen LogP contribution in [-0.2, 0) is 16.6 Å². The van der Waals surface area contributed by atoms with Gasteiger partial charge in [0.2, 0.25) is 0 Å². The van der Waals surface area contributed by atoms with Crippen molar-refractivity contribution in [1.29, 1.82) is 0 Å². The van der Waals surface area contributed by atoms with Crippen LogP contribution in [-0.4, -0.2) is 4.21 Å². The maximum atomic E-state index is 12.3. The highest BCUT2D eigenvalue weighted by Gasteiger charge is 2.16. The first kappa shape index (κ1) is 14.0. The summed E-state index contributed by atoms with van der Waals surface area (Å²) in [7, 11) is -1.38. The van der Waals surface area contributed by atoms with Crippen LogP contribution in [0, 0.1) is 19.1 Å². The molecule has 2 rings (SSSR count). The van der Waals surface area contributed by atoms with E-state index in [2.05, 4.69) is 0 Å². The molecule has 1 unspecified atom stereocenters. The van der Waals surface area contributed by atoms with Gasteiger partial charge in [0.25, 0.3) is 5.03 Å². The smallest absolute Gasteiger partial charge is 0.281 e. The zero-order valence-electron chi connectivity index (χ0n) is 10.7. The van der Waals surface area contributed by atoms with Gasteiger partial charge in [0.1, 0.15) is 15.8 Å². The van der Waals surface area contributed by atoms with Crippen LogP contribution in [0.2, 0.25) is 5.02 Å². The molecule has 0 amide bonds. The van der Waals surface area contributed by atoms with Gasteiger partial charge in [-0.25, -0.2) is 4.21 Å². The second kappa shape index (κ2) is 5.72. The summed E-state index contributed by atoms with van der Waals surface area (Å²) in [4.78, 5) is 0. The van der Waals surface area contributed by atoms with E-state index in [1.807, 2.05) is 32.0 Å². The molecule has 3 nitrogen and oxygen atoms in total. The quantitative estimate of drug-likeness (QED) is 0.645. The van der Waals surface area contributed by atoms with Crippen LogP contribution in [0.25, 0.3) is 0 Å². The second-order valence-electron chi connectivity index (χ2n) is 4.43. The molecule has 0 bridgehead atoms. The largest absolute Gasteiger partial charge is 0.618 e. The first-order valence-corrected chi connectivity index (χ1v) is 7.50. The van der Waals surface area contributed by atoms with Crippen molar-refractivity contribution in [2.45, 2.75) is 24.6 Å². The third-order valence-corrected chi connectivity index (χ3v) is 4.45. The Balaban J connectivity index is 2.28. The average molecular weight is 296 g/mol. The van der Waals surface area contributed by atoms with E-state index >= 15 is 0 Å². The Hall–Kier alpha value is -1.39. The van der Waals surface area contributed by atoms with Crippen LogP contribution < -0.4 is 4.73 Å². The minimum absolute atomic E-state index is 0.227. The fourth-order valence-corrected chi connectivity index (χ4v) is 3.16. The minimum Gasteiger partial charge on any atom is -0.618 e. The molecule has 19 heavy (non-hydrogen) atoms. The lowest BCUT2D eigenvalue weighted by Gasteiger charge is -2.07. The minimum atomic E-state index is -1.38. The van der Waals surface area contributed by atoms with E-state index in [9.17, 15) is 9.42 Å². The van der Waals surface area contributed by atoms with Crippen LogP contribution in [0.4, 0.5) is 0 Å². The van der Waals surface area contributed by atoms with Gasteiger partial charge in [-0.3, -0.25) is 0 Å². The lowest BCUT2D eigenvalue weighted by Crippen LogP contribution is -2.31. The molecule has 0 fully saturated rings. The standard InChI is InChI=1S/C14H14ClNO2S/c1-10-3-4-11(2)12(7-10)9-19(18)14-6-5-13(15)8-16(14)17/h3-8H,9H2,1-2H3. The third-order valence-electron chi connectivity index (χ3n) is 2.87. The van der Waals surface area contributed by atoms with Gasteiger partial charge in [0, 0.05) is 6.07 Å². The monoisotopic (exact) mass is 295 g/mol. The summed E-state index contributed by atoms with van der Waals surface area (Å²) in [6.07, 6.45) is 1.22. The highest BCUT2D eigenvalue weighted by molar-refractivity contribution is 7.84. The summed E-state index contributed by atoms with van der Waals surface area (Å²) in [6.45, 7) is 3.96. The van der Waals surface area contributed by atoms with Gasteiger partial charge >= 0.3 is 0 Å². The Bertz CT molecular complexity index is 643. The van der Waals surface area contributed by atoms with Crippen molar-refractivity contribution in [1.82, 2.24) is 0 Å². The van der Waals surface area contributed by atoms with Crippen molar-refractivity contribution in [2.24, 2.45) is 0 Å². The Labute approximate surface area is 119 Å². The molecule has 0 aliphatic heterocycles. The molecule has 1 heterocycles. The van der Waals surface area contributed by atoms with Crippen LogP contribution in [0.1, 0.15) is 16.7 Å². The van der Waals surface area contributed by atoms with Gasteiger partial charge in [-0.1, -0.05) is 35.4 Å². The molecule has 1 aromatic heterocycles. The number of benzene rings is 1. The van der Waals surface area contributed by atoms with Gasteiger partial charge in [0.15, 0.2) is 6.20 Å². The first-order chi connectivity index (χ1) is 8.97. The van der Waals surface area contributed by atoms with Crippen LogP contribution in [0.15, 0.2) is 41.6 Å². The Morgan fingerprint density at radius 1 is 1.26 bits per heavy atom. The summed E-state index contributed by atoms with van der Waals surface area (Å²) in [5.41, 5.74) is 3.18. The molecule has 1 aromatic carbocycles. The van der Waals surface area contributed by atoms with E-state index < -0.39 is 10.8 Å². The molecule has 0 saturated carbocycles. The number of aromatic nitrogens is 1. The number of nitrogens with zero attached hydrogens (tertiary/aromatic N) is 1. The van der Waals surface area contributed by atoms with Gasteiger partial charge in [-0.2, -0.15) is 4.73 Å². The number of halogens is 1. The number of hydrogen-bond acceptors (Lipinski definition) is 2. The van der Waals surface area contributed by atoms with Crippen molar-refractivity contribution >= 4 is 22.4 Å². The second-order valence-corrected chi connectivity index (χ2v) is 6.27. The molecule has 0 spiro atoms. The fourth-order valence-electron chi connectivity index (χ4n) is 1.79. The number of aryl methyl sites for hydroxylation is 2. The van der Waals surface area contributed by atoms with Gasteiger partial charge < -0.3 is 5.21 Å². The van der Waals surface area contributed by atoms with Gasteiger partial charge in [-0.05, 0) is 31.0 Å². The van der Waals surface area contributed by atoms with Crippen molar-refractivity contribution in [3.8, 4) is 0 Å². The summed E-state index contributed by atoms with van der Waals surface area (Å²) >= 11 is 5.71. The molecular weight excluding hydrogens is 282 g/mol. The predicted molar refractivity (Wildman–Crippen MR) is 76.4 cm³/mol. The van der Waals surface area contributed by atoms with Crippen LogP contribution in [0.3, 0.4) is 0 Å². The van der Waals surface area contributed by atoms with Gasteiger partial charge in [0.05, 0.1) is 5.75 Å². The Kier molecular flexibility index (Phi) is 4.22. The van der Waals surface area contributed by atoms with E-state index in [4.69, 9.17) is 11.6 Å². The Morgan fingerprint density at radius 3 is 2.68 bits per heavy atom. The van der Waals surface area contributed by atoms with E-state index in [0.717, 1.165) is 16.7 Å². The van der Waals surface area contributed by atoms with Crippen molar-refractivity contribution in [3.63, 3.8) is 0 Å². The Morgan fingerprint density at radius 2 is 2.00 bits per heavy atom. The lowest BCUT2D eigenvalue weighted by atomic mass is 10.1. The fraction of sp³-hybridized carbons (Fsp3) is 0.214. The molecule has 0 aliphatic carbocycles. The maximum Gasteiger partial charge on any atom is 0.281 e. The molecule has 1 atom stereocenters. The normalized spacial score (nSPS) is 12.4. The van der Waals surface area contributed by atoms with Crippen molar-refractivity contribution < 1.29 is 8.94 Å². The summed E-state index contributed by atoms with van der Waals surface area (Å²) in [5, 5.41) is 12.2. The van der Waals surface area contributed by atoms with Crippen molar-refractivity contribution in [2.75, 3.05) is 0 Å². The number of pyridine rings is 1. The topological polar surface area (TPSA) is 44.0 Å². The van der Waals surface area contributed by atoms with E-state index in [0.29, 0.717) is 15.5 Å². The zero-order chi connectivity index (χ0) is 14.0. The molecule has 0 radical (unpaired) electrons. The predicted octanol–water partition coefficient (Wildman–Crippen LogP) is 2.90. The van der Waals surface area contributed by atoms with Crippen LogP contribution >= 0.6 is 11.6 Å². The summed E-state index contributed by atoms with van der Waals surface area (Å²) in [5.74, 6) is 0.331. The third kappa shape index (κ3) is 3.33. The van der Waals surface area contributed by atoms with Crippen molar-refractivity contribution in [3.05, 3.63) is 63.4 Å². The average Bonchev–Trinajstić information content (AvgIpc) is 2.33. The van der Waals surface area contributed by atoms with E-state index in [1.165, 1.54) is 12.3 Å². The highest BCUT2D eigenvalue weighted by Crippen LogP contribution is 2.16. The van der Waals surface area contributed by atoms with Crippen LogP contribution in [0.5, 0.6) is 0 Å². The molecule has 0 saturated heterocycles. The maximum absolute atomic E-state index is 12.3. The SMILES string of the molecule is Cc1ccc(C)c(CS(=O)c2ccc(Cl)c[n+]2[O-])c1. The lowest BCUT2D eigenvalue weighted by molar-refractivity contribution is -0.646. The highest BCUT2D eigenvalue weighted by atomic mass is 35.5. The molecule has 100 valence electrons. The zero-order valence-corrected chi connectivity index (χ0v) is 12.3. The summed E-state index contributed by atoms with van der Waals surface area (Å²) < 4.78 is 12.8. The van der Waals surface area contributed by atoms with E-state index in [-0.39, 0.29) is 5.03 Å². The number of rotatable bonds is 3. The van der Waals surface area contributed by atoms with E-state index in [1.54, 1.807) is 6.07 Å². The molecule has 2 aromatic rings. The molecule has 0 N–H and O–H groups in total. The first-order valence-electron chi connectivity index (χ1n) is 5.80. The number of hydrogen-bond donors (Lipinski definition) is 0. The summed E-state index contributed by atoms with van der Waals surface area (Å²) in [6, 6.07) is 9.09. The molecule has 5 heteroatoms.